The molecule has 0 atom stereocenters. The van der Waals surface area contributed by atoms with Gasteiger partial charge in [0, 0.05) is 54.5 Å². The van der Waals surface area contributed by atoms with E-state index in [0.717, 1.165) is 33.3 Å². The van der Waals surface area contributed by atoms with E-state index in [1.54, 1.807) is 17.2 Å². The lowest BCUT2D eigenvalue weighted by Crippen LogP contribution is -2.38. The number of carbonyl (C=O) groups excluding carboxylic acids is 2. The molecule has 1 aliphatic rings. The predicted octanol–water partition coefficient (Wildman–Crippen LogP) is 5.23. The van der Waals surface area contributed by atoms with E-state index in [1.165, 1.54) is 25.3 Å². The first-order valence-electron chi connectivity index (χ1n) is 13.4. The van der Waals surface area contributed by atoms with Crippen molar-refractivity contribution in [1.29, 1.82) is 0 Å². The minimum Gasteiger partial charge on any atom is -0.383 e. The van der Waals surface area contributed by atoms with Crippen LogP contribution in [0, 0.1) is 19.7 Å². The predicted molar refractivity (Wildman–Crippen MR) is 156 cm³/mol. The van der Waals surface area contributed by atoms with Gasteiger partial charge in [0.2, 0.25) is 5.91 Å². The van der Waals surface area contributed by atoms with Gasteiger partial charge in [-0.15, -0.1) is 0 Å². The Labute approximate surface area is 242 Å². The van der Waals surface area contributed by atoms with Crippen LogP contribution in [0.2, 0.25) is 5.02 Å². The fourth-order valence-corrected chi connectivity index (χ4v) is 5.74. The Morgan fingerprint density at radius 1 is 1.24 bits per heavy atom. The second-order valence-corrected chi connectivity index (χ2v) is 10.5. The van der Waals surface area contributed by atoms with Crippen LogP contribution in [-0.2, 0) is 9.53 Å². The number of fused-ring (bicyclic) bond motifs is 1. The smallest absolute Gasteiger partial charge is 0.254 e. The molecule has 11 heteroatoms. The van der Waals surface area contributed by atoms with Crippen LogP contribution in [0.25, 0.3) is 33.3 Å². The van der Waals surface area contributed by atoms with E-state index in [2.05, 4.69) is 22.1 Å². The van der Waals surface area contributed by atoms with Crippen LogP contribution >= 0.6 is 11.6 Å². The number of amides is 2. The first-order valence-corrected chi connectivity index (χ1v) is 13.8. The number of nitrogens with one attached hydrogen (secondary N) is 2. The lowest BCUT2D eigenvalue weighted by molar-refractivity contribution is -0.127. The number of methoxy groups -OCH3 is 1. The molecule has 5 rings (SSSR count). The highest BCUT2D eigenvalue weighted by Crippen LogP contribution is 2.44. The summed E-state index contributed by atoms with van der Waals surface area (Å²) < 4.78 is 22.3. The number of nitrogens with zero attached hydrogens (tertiary/aromatic N) is 4. The van der Waals surface area contributed by atoms with Crippen molar-refractivity contribution < 1.29 is 18.7 Å². The number of carbonyl (C=O) groups is 2. The molecule has 1 aliphatic heterocycles. The molecule has 1 fully saturated rings. The van der Waals surface area contributed by atoms with E-state index in [0.29, 0.717) is 48.8 Å². The van der Waals surface area contributed by atoms with Crippen LogP contribution in [0.3, 0.4) is 0 Å². The van der Waals surface area contributed by atoms with Gasteiger partial charge in [-0.25, -0.2) is 4.39 Å². The maximum absolute atomic E-state index is 15.4. The number of benzene rings is 2. The highest BCUT2D eigenvalue weighted by atomic mass is 35.5. The van der Waals surface area contributed by atoms with Gasteiger partial charge >= 0.3 is 0 Å². The minimum absolute atomic E-state index is 0.0236. The molecule has 4 aromatic rings. The van der Waals surface area contributed by atoms with E-state index in [1.807, 2.05) is 24.6 Å². The molecule has 0 radical (unpaired) electrons. The first-order chi connectivity index (χ1) is 19.7. The monoisotopic (exact) mass is 578 g/mol. The maximum Gasteiger partial charge on any atom is 0.254 e. The summed E-state index contributed by atoms with van der Waals surface area (Å²) in [6, 6.07) is 6.47. The molecule has 1 saturated heterocycles. The molecule has 0 aliphatic carbocycles. The third kappa shape index (κ3) is 5.37. The summed E-state index contributed by atoms with van der Waals surface area (Å²) in [6.07, 6.45) is 4.48. The number of likely N-dealkylation sites (tertiary alicyclic amines) is 1. The van der Waals surface area contributed by atoms with Crippen molar-refractivity contribution in [3.63, 3.8) is 0 Å². The van der Waals surface area contributed by atoms with Gasteiger partial charge in [-0.1, -0.05) is 24.2 Å². The second-order valence-electron chi connectivity index (χ2n) is 10.2. The standard InChI is InChI=1S/C30H32ClFN6O3/c1-5-25(39)37-11-8-20(9-12-37)38-18(3)26(27-22-16-34-35-24(22)14-17(2)28(27)31)29(36-38)19-6-7-21(23(32)15-19)30(40)33-10-13-41-4/h5-7,14-16,20H,1,8-13H2,2-4H3,(H,33,40)(H,34,35). The van der Waals surface area contributed by atoms with Gasteiger partial charge in [0.05, 0.1) is 34.9 Å². The van der Waals surface area contributed by atoms with Gasteiger partial charge in [0.25, 0.3) is 5.91 Å². The lowest BCUT2D eigenvalue weighted by Gasteiger charge is -2.32. The summed E-state index contributed by atoms with van der Waals surface area (Å²) in [6.45, 7) is 9.26. The minimum atomic E-state index is -0.657. The fourth-order valence-electron chi connectivity index (χ4n) is 5.49. The van der Waals surface area contributed by atoms with Crippen molar-refractivity contribution in [2.45, 2.75) is 32.7 Å². The molecule has 2 aromatic carbocycles. The van der Waals surface area contributed by atoms with Crippen molar-refractivity contribution in [3.8, 4) is 22.4 Å². The Kier molecular flexibility index (Phi) is 8.23. The number of hydrogen-bond donors (Lipinski definition) is 2. The zero-order valence-corrected chi connectivity index (χ0v) is 24.0. The summed E-state index contributed by atoms with van der Waals surface area (Å²) in [5.41, 5.74) is 5.08. The first kappa shape index (κ1) is 28.5. The van der Waals surface area contributed by atoms with Gasteiger partial charge in [-0.05, 0) is 56.5 Å². The van der Waals surface area contributed by atoms with Crippen LogP contribution in [0.4, 0.5) is 4.39 Å². The number of aromatic nitrogens is 4. The molecule has 9 nitrogen and oxygen atoms in total. The highest BCUT2D eigenvalue weighted by molar-refractivity contribution is 6.36. The van der Waals surface area contributed by atoms with Crippen molar-refractivity contribution in [1.82, 2.24) is 30.2 Å². The topological polar surface area (TPSA) is 105 Å². The lowest BCUT2D eigenvalue weighted by atomic mass is 9.94. The summed E-state index contributed by atoms with van der Waals surface area (Å²) in [5.74, 6) is -1.26. The average Bonchev–Trinajstić information content (AvgIpc) is 3.57. The van der Waals surface area contributed by atoms with Crippen LogP contribution in [0.1, 0.15) is 40.5 Å². The van der Waals surface area contributed by atoms with E-state index in [4.69, 9.17) is 21.4 Å². The largest absolute Gasteiger partial charge is 0.383 e. The van der Waals surface area contributed by atoms with Crippen LogP contribution < -0.4 is 5.32 Å². The average molecular weight is 579 g/mol. The number of piperidine rings is 1. The maximum atomic E-state index is 15.4. The number of aromatic amines is 1. The summed E-state index contributed by atoms with van der Waals surface area (Å²) >= 11 is 6.95. The normalized spacial score (nSPS) is 14.0. The molecular formula is C30H32ClFN6O3. The van der Waals surface area contributed by atoms with Gasteiger partial charge < -0.3 is 15.0 Å². The summed E-state index contributed by atoms with van der Waals surface area (Å²) in [5, 5.41) is 16.3. The summed E-state index contributed by atoms with van der Waals surface area (Å²) in [4.78, 5) is 26.5. The Morgan fingerprint density at radius 3 is 2.68 bits per heavy atom. The molecule has 0 unspecified atom stereocenters. The number of halogens is 2. The quantitative estimate of drug-likeness (QED) is 0.220. The van der Waals surface area contributed by atoms with Crippen molar-refractivity contribution in [3.05, 3.63) is 70.8 Å². The van der Waals surface area contributed by atoms with E-state index in [9.17, 15) is 9.59 Å². The SMILES string of the molecule is C=CC(=O)N1CCC(n2nc(-c3ccc(C(=O)NCCOC)c(F)c3)c(-c3c(Cl)c(C)cc4[nH]ncc34)c2C)CC1. The van der Waals surface area contributed by atoms with Gasteiger partial charge in [-0.2, -0.15) is 10.2 Å². The van der Waals surface area contributed by atoms with Crippen LogP contribution in [-0.4, -0.2) is 70.0 Å². The van der Waals surface area contributed by atoms with Crippen molar-refractivity contribution in [2.75, 3.05) is 33.4 Å². The Balaban J connectivity index is 1.62. The van der Waals surface area contributed by atoms with Crippen molar-refractivity contribution >= 4 is 34.3 Å². The highest BCUT2D eigenvalue weighted by Gasteiger charge is 2.29. The second kappa shape index (κ2) is 11.8. The van der Waals surface area contributed by atoms with Gasteiger partial charge in [0.15, 0.2) is 0 Å². The third-order valence-electron chi connectivity index (χ3n) is 7.64. The van der Waals surface area contributed by atoms with Crippen molar-refractivity contribution in [2.24, 2.45) is 0 Å². The Morgan fingerprint density at radius 2 is 2.00 bits per heavy atom. The number of H-pyrrole nitrogens is 1. The number of rotatable bonds is 8. The molecule has 41 heavy (non-hydrogen) atoms. The van der Waals surface area contributed by atoms with E-state index < -0.39 is 11.7 Å². The van der Waals surface area contributed by atoms with Gasteiger partial charge in [-0.3, -0.25) is 19.4 Å². The third-order valence-corrected chi connectivity index (χ3v) is 8.13. The molecule has 3 heterocycles. The molecule has 0 saturated carbocycles. The Bertz CT molecular complexity index is 1640. The van der Waals surface area contributed by atoms with Gasteiger partial charge in [0.1, 0.15) is 11.5 Å². The number of ether oxygens (including phenoxy) is 1. The molecule has 2 amide bonds. The zero-order chi connectivity index (χ0) is 29.3. The Hall–Kier alpha value is -4.02. The molecule has 2 aromatic heterocycles. The summed E-state index contributed by atoms with van der Waals surface area (Å²) in [7, 11) is 1.53. The molecule has 214 valence electrons. The van der Waals surface area contributed by atoms with Crippen LogP contribution in [0.5, 0.6) is 0 Å². The molecule has 2 N–H and O–H groups in total. The molecule has 0 bridgehead atoms. The van der Waals surface area contributed by atoms with E-state index >= 15 is 4.39 Å². The molecule has 0 spiro atoms. The number of aryl methyl sites for hydroxylation is 1. The van der Waals surface area contributed by atoms with E-state index in [-0.39, 0.29) is 24.1 Å². The number of hydrogen-bond acceptors (Lipinski definition) is 5. The fraction of sp³-hybridized carbons (Fsp3) is 0.333. The zero-order valence-electron chi connectivity index (χ0n) is 23.3. The molecular weight excluding hydrogens is 547 g/mol. The van der Waals surface area contributed by atoms with Crippen LogP contribution in [0.15, 0.2) is 43.1 Å².